The van der Waals surface area contributed by atoms with Crippen LogP contribution in [0.3, 0.4) is 0 Å². The van der Waals surface area contributed by atoms with Crippen molar-refractivity contribution < 1.29 is 23.8 Å². The van der Waals surface area contributed by atoms with Crippen molar-refractivity contribution in [3.05, 3.63) is 47.8 Å². The fourth-order valence-electron chi connectivity index (χ4n) is 5.43. The average Bonchev–Trinajstić information content (AvgIpc) is 2.91. The van der Waals surface area contributed by atoms with Gasteiger partial charge in [-0.1, -0.05) is 90.2 Å². The first-order chi connectivity index (χ1) is 18.0. The van der Waals surface area contributed by atoms with E-state index >= 15 is 4.39 Å². The third-order valence-electron chi connectivity index (χ3n) is 7.69. The van der Waals surface area contributed by atoms with Crippen LogP contribution < -0.4 is 9.47 Å². The molecule has 0 atom stereocenters. The van der Waals surface area contributed by atoms with Gasteiger partial charge in [-0.3, -0.25) is 0 Å². The summed E-state index contributed by atoms with van der Waals surface area (Å²) in [7, 11) is 0. The van der Waals surface area contributed by atoms with Gasteiger partial charge in [0, 0.05) is 5.56 Å². The number of hydrogen-bond donors (Lipinski definition) is 1. The van der Waals surface area contributed by atoms with Crippen LogP contribution in [-0.2, 0) is 0 Å². The van der Waals surface area contributed by atoms with E-state index in [1.54, 1.807) is 24.3 Å². The Morgan fingerprint density at radius 1 is 0.811 bits per heavy atom. The van der Waals surface area contributed by atoms with Gasteiger partial charge in [-0.15, -0.1) is 0 Å². The van der Waals surface area contributed by atoms with E-state index in [2.05, 4.69) is 13.8 Å². The highest BCUT2D eigenvalue weighted by Gasteiger charge is 2.22. The van der Waals surface area contributed by atoms with E-state index in [0.717, 1.165) is 37.5 Å². The number of aromatic carboxylic acids is 1. The Kier molecular flexibility index (Phi) is 12.3. The molecule has 0 aliphatic heterocycles. The maximum atomic E-state index is 15.3. The third-order valence-corrected chi connectivity index (χ3v) is 7.69. The van der Waals surface area contributed by atoms with E-state index in [0.29, 0.717) is 24.5 Å². The predicted molar refractivity (Wildman–Crippen MR) is 148 cm³/mol. The van der Waals surface area contributed by atoms with Crippen LogP contribution in [0.5, 0.6) is 11.5 Å². The van der Waals surface area contributed by atoms with E-state index in [1.807, 2.05) is 0 Å². The molecule has 1 saturated carbocycles. The maximum Gasteiger partial charge on any atom is 0.336 e. The number of rotatable bonds is 16. The molecule has 0 bridgehead atoms. The first-order valence-electron chi connectivity index (χ1n) is 14.4. The molecule has 1 aliphatic rings. The molecule has 204 valence electrons. The van der Waals surface area contributed by atoms with E-state index < -0.39 is 11.8 Å². The number of carboxylic acid groups (broad SMARTS) is 1. The van der Waals surface area contributed by atoms with Gasteiger partial charge in [0.05, 0.1) is 18.8 Å². The van der Waals surface area contributed by atoms with Gasteiger partial charge in [0.2, 0.25) is 0 Å². The number of unbranched alkanes of at least 4 members (excludes halogenated alkanes) is 4. The summed E-state index contributed by atoms with van der Waals surface area (Å²) in [6.07, 6.45) is 16.1. The molecule has 0 amide bonds. The monoisotopic (exact) mass is 512 g/mol. The lowest BCUT2D eigenvalue weighted by atomic mass is 9.78. The normalized spacial score (nSPS) is 17.5. The molecule has 0 unspecified atom stereocenters. The molecular formula is C32H45FO4. The smallest absolute Gasteiger partial charge is 0.336 e. The molecule has 1 N–H and O–H groups in total. The minimum Gasteiger partial charge on any atom is -0.494 e. The van der Waals surface area contributed by atoms with Crippen molar-refractivity contribution >= 4 is 5.97 Å². The Morgan fingerprint density at radius 3 is 2.03 bits per heavy atom. The zero-order chi connectivity index (χ0) is 26.5. The van der Waals surface area contributed by atoms with Gasteiger partial charge < -0.3 is 14.6 Å². The highest BCUT2D eigenvalue weighted by molar-refractivity contribution is 5.96. The number of carboxylic acids is 1. The van der Waals surface area contributed by atoms with Gasteiger partial charge in [0.1, 0.15) is 5.75 Å². The summed E-state index contributed by atoms with van der Waals surface area (Å²) in [5, 5.41) is 9.62. The van der Waals surface area contributed by atoms with Gasteiger partial charge in [-0.05, 0) is 60.9 Å². The summed E-state index contributed by atoms with van der Waals surface area (Å²) < 4.78 is 26.9. The lowest BCUT2D eigenvalue weighted by Crippen LogP contribution is -2.15. The van der Waals surface area contributed by atoms with E-state index in [9.17, 15) is 9.90 Å². The van der Waals surface area contributed by atoms with Crippen LogP contribution in [0, 0.1) is 17.7 Å². The second-order valence-electron chi connectivity index (χ2n) is 10.6. The standard InChI is InChI=1S/C32H45FO4/c1-3-5-7-10-24-12-14-25(15-13-24)11-9-23-36-27-18-16-26(17-19-27)30-28(32(34)35)20-21-29(31(30)33)37-22-8-6-4-2/h16-21,24-25H,3-15,22-23H2,1-2H3,(H,34,35). The SMILES string of the molecule is CCCCCOc1ccc(C(=O)O)c(-c2ccc(OCCCC3CCC(CCCCC)CC3)cc2)c1F. The molecular weight excluding hydrogens is 467 g/mol. The topological polar surface area (TPSA) is 55.8 Å². The van der Waals surface area contributed by atoms with E-state index in [-0.39, 0.29) is 16.9 Å². The zero-order valence-corrected chi connectivity index (χ0v) is 22.8. The summed E-state index contributed by atoms with van der Waals surface area (Å²) in [5.74, 6) is 0.769. The summed E-state index contributed by atoms with van der Waals surface area (Å²) in [6, 6.07) is 9.85. The predicted octanol–water partition coefficient (Wildman–Crippen LogP) is 9.31. The molecule has 2 aromatic rings. The first kappa shape index (κ1) is 29.0. The number of benzene rings is 2. The van der Waals surface area contributed by atoms with Crippen LogP contribution in [0.2, 0.25) is 0 Å². The second kappa shape index (κ2) is 15.6. The van der Waals surface area contributed by atoms with Crippen LogP contribution >= 0.6 is 0 Å². The average molecular weight is 513 g/mol. The Hall–Kier alpha value is -2.56. The molecule has 5 heteroatoms. The summed E-state index contributed by atoms with van der Waals surface area (Å²) >= 11 is 0. The highest BCUT2D eigenvalue weighted by Crippen LogP contribution is 2.35. The van der Waals surface area contributed by atoms with Crippen molar-refractivity contribution in [2.75, 3.05) is 13.2 Å². The van der Waals surface area contributed by atoms with Crippen molar-refractivity contribution in [2.24, 2.45) is 11.8 Å². The Labute approximate surface area is 222 Å². The summed E-state index contributed by atoms with van der Waals surface area (Å²) in [6.45, 7) is 5.43. The molecule has 0 spiro atoms. The molecule has 0 heterocycles. The van der Waals surface area contributed by atoms with Crippen LogP contribution in [0.1, 0.15) is 108 Å². The Bertz CT molecular complexity index is 948. The largest absolute Gasteiger partial charge is 0.494 e. The summed E-state index contributed by atoms with van der Waals surface area (Å²) in [5.41, 5.74) is 0.474. The first-order valence-corrected chi connectivity index (χ1v) is 14.4. The van der Waals surface area contributed by atoms with Crippen LogP contribution in [0.4, 0.5) is 4.39 Å². The molecule has 3 rings (SSSR count). The van der Waals surface area contributed by atoms with Crippen molar-refractivity contribution in [2.45, 2.75) is 97.3 Å². The van der Waals surface area contributed by atoms with Crippen LogP contribution in [-0.4, -0.2) is 24.3 Å². The van der Waals surface area contributed by atoms with Gasteiger partial charge in [0.15, 0.2) is 11.6 Å². The third kappa shape index (κ3) is 9.05. The quantitative estimate of drug-likeness (QED) is 0.228. The second-order valence-corrected chi connectivity index (χ2v) is 10.6. The van der Waals surface area contributed by atoms with Gasteiger partial charge in [0.25, 0.3) is 0 Å². The molecule has 2 aromatic carbocycles. The number of hydrogen-bond acceptors (Lipinski definition) is 3. The van der Waals surface area contributed by atoms with Gasteiger partial charge in [-0.25, -0.2) is 9.18 Å². The fraction of sp³-hybridized carbons (Fsp3) is 0.594. The van der Waals surface area contributed by atoms with Crippen LogP contribution in [0.25, 0.3) is 11.1 Å². The Morgan fingerprint density at radius 2 is 1.41 bits per heavy atom. The minimum atomic E-state index is -1.17. The van der Waals surface area contributed by atoms with E-state index in [1.165, 1.54) is 69.9 Å². The van der Waals surface area contributed by atoms with Crippen LogP contribution in [0.15, 0.2) is 36.4 Å². The molecule has 1 fully saturated rings. The summed E-state index contributed by atoms with van der Waals surface area (Å²) in [4.78, 5) is 11.8. The van der Waals surface area contributed by atoms with Crippen molar-refractivity contribution in [1.82, 2.24) is 0 Å². The molecule has 0 radical (unpaired) electrons. The molecule has 4 nitrogen and oxygen atoms in total. The molecule has 0 aromatic heterocycles. The Balaban J connectivity index is 1.50. The molecule has 1 aliphatic carbocycles. The number of ether oxygens (including phenoxy) is 2. The lowest BCUT2D eigenvalue weighted by Gasteiger charge is -2.28. The fourth-order valence-corrected chi connectivity index (χ4v) is 5.43. The number of halogens is 1. The van der Waals surface area contributed by atoms with Gasteiger partial charge in [-0.2, -0.15) is 0 Å². The number of carbonyl (C=O) groups is 1. The van der Waals surface area contributed by atoms with Crippen molar-refractivity contribution in [1.29, 1.82) is 0 Å². The highest BCUT2D eigenvalue weighted by atomic mass is 19.1. The van der Waals surface area contributed by atoms with E-state index in [4.69, 9.17) is 9.47 Å². The molecule has 0 saturated heterocycles. The zero-order valence-electron chi connectivity index (χ0n) is 22.8. The van der Waals surface area contributed by atoms with Crippen molar-refractivity contribution in [3.8, 4) is 22.6 Å². The maximum absolute atomic E-state index is 15.3. The molecule has 37 heavy (non-hydrogen) atoms. The van der Waals surface area contributed by atoms with Gasteiger partial charge >= 0.3 is 5.97 Å². The minimum absolute atomic E-state index is 0.0531. The van der Waals surface area contributed by atoms with Crippen molar-refractivity contribution in [3.63, 3.8) is 0 Å². The lowest BCUT2D eigenvalue weighted by molar-refractivity contribution is 0.0697.